The maximum atomic E-state index is 10.4. The molecule has 0 aliphatic carbocycles. The van der Waals surface area contributed by atoms with Gasteiger partial charge in [-0.1, -0.05) is 37.5 Å². The Hall–Kier alpha value is -1.06. The van der Waals surface area contributed by atoms with Gasteiger partial charge in [-0.05, 0) is 12.8 Å². The zero-order valence-electron chi connectivity index (χ0n) is 11.6. The lowest BCUT2D eigenvalue weighted by Crippen LogP contribution is -1.99. The quantitative estimate of drug-likeness (QED) is 0.514. The van der Waals surface area contributed by atoms with Gasteiger partial charge in [0.05, 0.1) is 23.0 Å². The Morgan fingerprint density at radius 2 is 1.19 bits per heavy atom. The monoisotopic (exact) mass is 358 g/mol. The van der Waals surface area contributed by atoms with Gasteiger partial charge in [0.25, 0.3) is 0 Å². The summed E-state index contributed by atoms with van der Waals surface area (Å²) in [4.78, 5) is 0. The van der Waals surface area contributed by atoms with E-state index in [1.807, 2.05) is 0 Å². The van der Waals surface area contributed by atoms with Gasteiger partial charge in [-0.3, -0.25) is 0 Å². The van der Waals surface area contributed by atoms with Crippen molar-refractivity contribution in [2.45, 2.75) is 12.8 Å². The first-order valence-electron chi connectivity index (χ1n) is 5.95. The van der Waals surface area contributed by atoms with Crippen molar-refractivity contribution in [1.82, 2.24) is 0 Å². The fraction of sp³-hybridized carbons (Fsp3) is 0.500. The molecule has 2 rings (SSSR count). The summed E-state index contributed by atoms with van der Waals surface area (Å²) in [6.07, 6.45) is 8.38. The Morgan fingerprint density at radius 3 is 1.29 bits per heavy atom. The molecule has 0 aromatic heterocycles. The molecule has 0 aromatic rings. The van der Waals surface area contributed by atoms with Crippen LogP contribution < -0.4 is 0 Å². The third-order valence-electron chi connectivity index (χ3n) is 2.19. The van der Waals surface area contributed by atoms with Crippen molar-refractivity contribution in [2.75, 3.05) is 23.0 Å². The van der Waals surface area contributed by atoms with Crippen LogP contribution in [0.4, 0.5) is 0 Å². The molecule has 2 heterocycles. The van der Waals surface area contributed by atoms with Gasteiger partial charge in [0, 0.05) is 1.43 Å². The molecule has 1 saturated heterocycles. The molecule has 6 nitrogen and oxygen atoms in total. The van der Waals surface area contributed by atoms with Crippen molar-refractivity contribution in [3.63, 3.8) is 0 Å². The van der Waals surface area contributed by atoms with Gasteiger partial charge in [-0.25, -0.2) is 16.8 Å². The lowest BCUT2D eigenvalue weighted by molar-refractivity contribution is 0.601. The molecule has 0 spiro atoms. The van der Waals surface area contributed by atoms with Crippen LogP contribution in [-0.4, -0.2) is 48.3 Å². The molecule has 0 amide bonds. The van der Waals surface area contributed by atoms with Gasteiger partial charge in [-0.2, -0.15) is 8.42 Å². The Kier molecular flexibility index (Phi) is 13.4. The Bertz CT molecular complexity index is 528. The van der Waals surface area contributed by atoms with Gasteiger partial charge in [0.2, 0.25) is 0 Å². The normalized spacial score (nSPS) is 19.4. The number of sulfone groups is 2. The molecule has 21 heavy (non-hydrogen) atoms. The van der Waals surface area contributed by atoms with Gasteiger partial charge < -0.3 is 0 Å². The fourth-order valence-electron chi connectivity index (χ4n) is 1.24. The first-order valence-corrected chi connectivity index (χ1v) is 10.3. The van der Waals surface area contributed by atoms with Crippen LogP contribution in [0.15, 0.2) is 37.5 Å². The smallest absolute Gasteiger partial charge is 0.229 e. The summed E-state index contributed by atoms with van der Waals surface area (Å²) in [7, 11) is -5.20. The number of hydrogen-bond acceptors (Lipinski definition) is 6. The van der Waals surface area contributed by atoms with Crippen molar-refractivity contribution in [1.29, 1.82) is 0 Å². The van der Waals surface area contributed by atoms with Crippen LogP contribution >= 0.6 is 0 Å². The SMILES string of the molecule is C=CC=C.O=S1(=O)CC=CC1.O=S1(=O)CCCC1.O=S=O.[HH]. The van der Waals surface area contributed by atoms with Crippen LogP contribution in [0.25, 0.3) is 0 Å². The first kappa shape index (κ1) is 22.2. The van der Waals surface area contributed by atoms with Gasteiger partial charge in [0.1, 0.15) is 9.84 Å². The van der Waals surface area contributed by atoms with E-state index >= 15 is 0 Å². The Balaban J connectivity index is -0.000000229. The average Bonchev–Trinajstić information content (AvgIpc) is 2.99. The molecule has 0 aromatic carbocycles. The molecule has 0 bridgehead atoms. The van der Waals surface area contributed by atoms with E-state index < -0.39 is 31.2 Å². The summed E-state index contributed by atoms with van der Waals surface area (Å²) < 4.78 is 58.2. The summed E-state index contributed by atoms with van der Waals surface area (Å²) in [6.45, 7) is 6.72. The van der Waals surface area contributed by atoms with E-state index in [-0.39, 0.29) is 12.9 Å². The minimum atomic E-state index is -2.66. The van der Waals surface area contributed by atoms with E-state index in [1.165, 1.54) is 0 Å². The van der Waals surface area contributed by atoms with Crippen molar-refractivity contribution < 1.29 is 26.7 Å². The van der Waals surface area contributed by atoms with Crippen molar-refractivity contribution >= 4 is 31.2 Å². The zero-order chi connectivity index (χ0) is 16.8. The predicted molar refractivity (Wildman–Crippen MR) is 87.1 cm³/mol. The minimum Gasteiger partial charge on any atom is -0.229 e. The van der Waals surface area contributed by atoms with E-state index in [9.17, 15) is 16.8 Å². The minimum absolute atomic E-state index is 0. The standard InChI is InChI=1S/C4H8O2S.C4H6O2S.C4H6.O2S.H2/c2*5-7(6)3-1-2-4-7;1-3-4-2;1-3-2;/h1-4H2;1-2H,3-4H2;3-4H,1-2H2;;1H. The topological polar surface area (TPSA) is 102 Å². The zero-order valence-corrected chi connectivity index (χ0v) is 14.1. The van der Waals surface area contributed by atoms with E-state index in [1.54, 1.807) is 24.3 Å². The number of rotatable bonds is 1. The second-order valence-corrected chi connectivity index (χ2v) is 8.54. The van der Waals surface area contributed by atoms with Gasteiger partial charge in [0.15, 0.2) is 9.84 Å². The molecule has 2 aliphatic rings. The van der Waals surface area contributed by atoms with E-state index in [0.717, 1.165) is 12.8 Å². The molecule has 124 valence electrons. The Morgan fingerprint density at radius 1 is 0.857 bits per heavy atom. The summed E-state index contributed by atoms with van der Waals surface area (Å²) in [6, 6.07) is 0. The molecule has 9 heteroatoms. The number of hydrogen-bond donors (Lipinski definition) is 0. The van der Waals surface area contributed by atoms with E-state index in [0.29, 0.717) is 11.5 Å². The Labute approximate surface area is 131 Å². The van der Waals surface area contributed by atoms with Gasteiger partial charge >= 0.3 is 11.6 Å². The molecular weight excluding hydrogens is 336 g/mol. The maximum Gasteiger partial charge on any atom is 0.335 e. The van der Waals surface area contributed by atoms with E-state index in [2.05, 4.69) is 13.2 Å². The highest BCUT2D eigenvalue weighted by Gasteiger charge is 2.16. The molecule has 0 radical (unpaired) electrons. The molecule has 0 N–H and O–H groups in total. The second-order valence-electron chi connectivity index (χ2n) is 3.95. The van der Waals surface area contributed by atoms with Gasteiger partial charge in [-0.15, -0.1) is 0 Å². The van der Waals surface area contributed by atoms with Crippen LogP contribution in [-0.2, 0) is 31.2 Å². The van der Waals surface area contributed by atoms with Crippen LogP contribution in [0, 0.1) is 0 Å². The first-order chi connectivity index (χ1) is 9.74. The average molecular weight is 359 g/mol. The largest absolute Gasteiger partial charge is 0.335 e. The van der Waals surface area contributed by atoms with Crippen LogP contribution in [0.3, 0.4) is 0 Å². The summed E-state index contributed by atoms with van der Waals surface area (Å²) in [5, 5.41) is 0. The molecule has 0 unspecified atom stereocenters. The fourth-order valence-corrected chi connectivity index (χ4v) is 3.73. The van der Waals surface area contributed by atoms with E-state index in [4.69, 9.17) is 8.42 Å². The third kappa shape index (κ3) is 16.9. The summed E-state index contributed by atoms with van der Waals surface area (Å²) in [5.74, 6) is 1.33. The maximum absolute atomic E-state index is 10.4. The molecular formula is C12H22O6S3. The molecule has 0 saturated carbocycles. The molecule has 1 fully saturated rings. The lowest BCUT2D eigenvalue weighted by atomic mass is 10.4. The second kappa shape index (κ2) is 12.7. The third-order valence-corrected chi connectivity index (χ3v) is 5.42. The van der Waals surface area contributed by atoms with Crippen LogP contribution in [0.2, 0.25) is 0 Å². The highest BCUT2D eigenvalue weighted by Crippen LogP contribution is 2.08. The van der Waals surface area contributed by atoms with Crippen LogP contribution in [0.5, 0.6) is 0 Å². The lowest BCUT2D eigenvalue weighted by Gasteiger charge is -1.82. The summed E-state index contributed by atoms with van der Waals surface area (Å²) in [5.41, 5.74) is 0. The van der Waals surface area contributed by atoms with Crippen molar-refractivity contribution in [3.05, 3.63) is 37.5 Å². The highest BCUT2D eigenvalue weighted by molar-refractivity contribution is 7.92. The molecule has 2 aliphatic heterocycles. The number of allylic oxidation sites excluding steroid dienone is 2. The van der Waals surface area contributed by atoms with Crippen molar-refractivity contribution in [2.24, 2.45) is 0 Å². The predicted octanol–water partition coefficient (Wildman–Crippen LogP) is 1.10. The molecule has 0 atom stereocenters. The van der Waals surface area contributed by atoms with Crippen molar-refractivity contribution in [3.8, 4) is 0 Å². The highest BCUT2D eigenvalue weighted by atomic mass is 32.2. The summed E-state index contributed by atoms with van der Waals surface area (Å²) >= 11 is -0.750. The van der Waals surface area contributed by atoms with Crippen LogP contribution in [0.1, 0.15) is 14.3 Å².